The number of hydrogen-bond acceptors (Lipinski definition) is 3. The van der Waals surface area contributed by atoms with Crippen LogP contribution in [0.15, 0.2) is 4.42 Å². The maximum atomic E-state index is 11.3. The molecule has 4 nitrogen and oxygen atoms in total. The van der Waals surface area contributed by atoms with Gasteiger partial charge in [-0.05, 0) is 56.3 Å². The number of carboxylic acid groups (broad SMARTS) is 1. The molecule has 0 saturated heterocycles. The maximum Gasteiger partial charge on any atom is 0.358 e. The van der Waals surface area contributed by atoms with Crippen LogP contribution in [0.1, 0.15) is 67.6 Å². The fourth-order valence-corrected chi connectivity index (χ4v) is 5.36. The Labute approximate surface area is 118 Å². The zero-order valence-electron chi connectivity index (χ0n) is 11.9. The Morgan fingerprint density at radius 2 is 1.80 bits per heavy atom. The highest BCUT2D eigenvalue weighted by molar-refractivity contribution is 5.86. The number of aryl methyl sites for hydroxylation is 1. The quantitative estimate of drug-likeness (QED) is 0.918. The second-order valence-corrected chi connectivity index (χ2v) is 7.15. The van der Waals surface area contributed by atoms with Crippen LogP contribution >= 0.6 is 0 Å². The van der Waals surface area contributed by atoms with Gasteiger partial charge in [-0.3, -0.25) is 0 Å². The fraction of sp³-hybridized carbons (Fsp3) is 0.750. The standard InChI is InChI=1S/C16H21NO3/c1-2-12-13(14(18)19)17-15(20-12)16-6-9-3-10(7-16)5-11(4-9)8-16/h9-11H,2-8H2,1H3,(H,18,19). The Kier molecular flexibility index (Phi) is 2.54. The van der Waals surface area contributed by atoms with Crippen LogP contribution in [0.2, 0.25) is 0 Å². The van der Waals surface area contributed by atoms with E-state index >= 15 is 0 Å². The number of aromatic carboxylic acids is 1. The lowest BCUT2D eigenvalue weighted by Crippen LogP contribution is -2.48. The molecule has 1 N–H and O–H groups in total. The van der Waals surface area contributed by atoms with E-state index in [9.17, 15) is 9.90 Å². The van der Waals surface area contributed by atoms with Crippen molar-refractivity contribution in [2.75, 3.05) is 0 Å². The molecular weight excluding hydrogens is 254 g/mol. The summed E-state index contributed by atoms with van der Waals surface area (Å²) in [7, 11) is 0. The molecule has 0 aromatic carbocycles. The van der Waals surface area contributed by atoms with Crippen LogP contribution in [0.5, 0.6) is 0 Å². The highest BCUT2D eigenvalue weighted by Crippen LogP contribution is 2.60. The minimum atomic E-state index is -0.957. The third kappa shape index (κ3) is 1.66. The molecular formula is C16H21NO3. The van der Waals surface area contributed by atoms with Crippen molar-refractivity contribution in [1.29, 1.82) is 0 Å². The lowest BCUT2D eigenvalue weighted by molar-refractivity contribution is -0.0181. The van der Waals surface area contributed by atoms with Crippen molar-refractivity contribution in [3.8, 4) is 0 Å². The van der Waals surface area contributed by atoms with Crippen LogP contribution in [0, 0.1) is 17.8 Å². The smallest absolute Gasteiger partial charge is 0.358 e. The molecule has 5 rings (SSSR count). The number of rotatable bonds is 3. The van der Waals surface area contributed by atoms with Crippen molar-refractivity contribution in [3.63, 3.8) is 0 Å². The number of carboxylic acids is 1. The molecule has 1 aromatic rings. The van der Waals surface area contributed by atoms with Crippen LogP contribution in [0.4, 0.5) is 0 Å². The van der Waals surface area contributed by atoms with E-state index in [2.05, 4.69) is 4.98 Å². The summed E-state index contributed by atoms with van der Waals surface area (Å²) in [5.74, 6) is 2.75. The lowest BCUT2D eigenvalue weighted by atomic mass is 9.49. The molecule has 4 fully saturated rings. The van der Waals surface area contributed by atoms with Crippen molar-refractivity contribution in [2.24, 2.45) is 17.8 Å². The molecule has 108 valence electrons. The highest BCUT2D eigenvalue weighted by atomic mass is 16.4. The zero-order chi connectivity index (χ0) is 13.9. The SMILES string of the molecule is CCc1oc(C23CC4CC(CC(C4)C2)C3)nc1C(=O)O. The van der Waals surface area contributed by atoms with Crippen LogP contribution in [0.25, 0.3) is 0 Å². The molecule has 0 radical (unpaired) electrons. The average molecular weight is 275 g/mol. The summed E-state index contributed by atoms with van der Waals surface area (Å²) in [6, 6.07) is 0. The Balaban J connectivity index is 1.75. The minimum Gasteiger partial charge on any atom is -0.476 e. The lowest BCUT2D eigenvalue weighted by Gasteiger charge is -2.55. The van der Waals surface area contributed by atoms with Gasteiger partial charge in [0.1, 0.15) is 5.76 Å². The van der Waals surface area contributed by atoms with Crippen molar-refractivity contribution >= 4 is 5.97 Å². The van der Waals surface area contributed by atoms with Crippen LogP contribution in [-0.4, -0.2) is 16.1 Å². The summed E-state index contributed by atoms with van der Waals surface area (Å²) in [6.45, 7) is 1.93. The van der Waals surface area contributed by atoms with E-state index in [1.165, 1.54) is 19.3 Å². The number of carbonyl (C=O) groups is 1. The topological polar surface area (TPSA) is 63.3 Å². The van der Waals surface area contributed by atoms with Crippen molar-refractivity contribution in [1.82, 2.24) is 4.98 Å². The summed E-state index contributed by atoms with van der Waals surface area (Å²) < 4.78 is 5.92. The van der Waals surface area contributed by atoms with Crippen LogP contribution in [-0.2, 0) is 11.8 Å². The van der Waals surface area contributed by atoms with Crippen LogP contribution < -0.4 is 0 Å². The molecule has 4 aliphatic carbocycles. The van der Waals surface area contributed by atoms with Gasteiger partial charge in [0, 0.05) is 11.8 Å². The van der Waals surface area contributed by atoms with E-state index < -0.39 is 5.97 Å². The first-order chi connectivity index (χ1) is 9.59. The molecule has 1 heterocycles. The van der Waals surface area contributed by atoms with E-state index in [-0.39, 0.29) is 11.1 Å². The molecule has 4 bridgehead atoms. The predicted molar refractivity (Wildman–Crippen MR) is 72.7 cm³/mol. The normalized spacial score (nSPS) is 38.4. The largest absolute Gasteiger partial charge is 0.476 e. The summed E-state index contributed by atoms with van der Waals surface area (Å²) in [5.41, 5.74) is 0.185. The van der Waals surface area contributed by atoms with Gasteiger partial charge in [-0.25, -0.2) is 9.78 Å². The van der Waals surface area contributed by atoms with E-state index in [4.69, 9.17) is 4.42 Å². The first-order valence-corrected chi connectivity index (χ1v) is 7.83. The molecule has 4 saturated carbocycles. The molecule has 4 aliphatic rings. The van der Waals surface area contributed by atoms with Gasteiger partial charge < -0.3 is 9.52 Å². The van der Waals surface area contributed by atoms with Gasteiger partial charge in [-0.15, -0.1) is 0 Å². The highest BCUT2D eigenvalue weighted by Gasteiger charge is 2.54. The number of aromatic nitrogens is 1. The molecule has 0 aliphatic heterocycles. The molecule has 1 aromatic heterocycles. The third-order valence-electron chi connectivity index (χ3n) is 5.71. The number of oxazole rings is 1. The van der Waals surface area contributed by atoms with E-state index in [1.807, 2.05) is 6.92 Å². The van der Waals surface area contributed by atoms with Gasteiger partial charge in [0.05, 0.1) is 0 Å². The summed E-state index contributed by atoms with van der Waals surface area (Å²) >= 11 is 0. The second-order valence-electron chi connectivity index (χ2n) is 7.15. The molecule has 20 heavy (non-hydrogen) atoms. The van der Waals surface area contributed by atoms with Crippen molar-refractivity contribution in [2.45, 2.75) is 57.3 Å². The minimum absolute atomic E-state index is 0.0480. The summed E-state index contributed by atoms with van der Waals surface area (Å²) in [5, 5.41) is 9.27. The van der Waals surface area contributed by atoms with Gasteiger partial charge in [-0.2, -0.15) is 0 Å². The third-order valence-corrected chi connectivity index (χ3v) is 5.71. The van der Waals surface area contributed by atoms with E-state index in [0.717, 1.165) is 42.9 Å². The summed E-state index contributed by atoms with van der Waals surface area (Å²) in [6.07, 6.45) is 8.16. The monoisotopic (exact) mass is 275 g/mol. The first kappa shape index (κ1) is 12.4. The Bertz CT molecular complexity index is 525. The van der Waals surface area contributed by atoms with Crippen LogP contribution in [0.3, 0.4) is 0 Å². The van der Waals surface area contributed by atoms with Crippen molar-refractivity contribution < 1.29 is 14.3 Å². The van der Waals surface area contributed by atoms with Gasteiger partial charge in [0.15, 0.2) is 5.69 Å². The van der Waals surface area contributed by atoms with Gasteiger partial charge in [-0.1, -0.05) is 6.92 Å². The first-order valence-electron chi connectivity index (χ1n) is 7.83. The second kappa shape index (κ2) is 4.09. The molecule has 4 heteroatoms. The maximum absolute atomic E-state index is 11.3. The number of nitrogens with zero attached hydrogens (tertiary/aromatic N) is 1. The Hall–Kier alpha value is -1.32. The molecule has 0 amide bonds. The average Bonchev–Trinajstić information content (AvgIpc) is 2.82. The van der Waals surface area contributed by atoms with Gasteiger partial charge in [0.25, 0.3) is 0 Å². The Morgan fingerprint density at radius 3 is 2.20 bits per heavy atom. The fourth-order valence-electron chi connectivity index (χ4n) is 5.36. The summed E-state index contributed by atoms with van der Waals surface area (Å²) in [4.78, 5) is 15.7. The molecule has 0 unspecified atom stereocenters. The Morgan fingerprint density at radius 1 is 1.25 bits per heavy atom. The number of hydrogen-bond donors (Lipinski definition) is 1. The van der Waals surface area contributed by atoms with E-state index in [0.29, 0.717) is 12.2 Å². The van der Waals surface area contributed by atoms with Gasteiger partial charge >= 0.3 is 5.97 Å². The van der Waals surface area contributed by atoms with Crippen molar-refractivity contribution in [3.05, 3.63) is 17.3 Å². The van der Waals surface area contributed by atoms with Gasteiger partial charge in [0.2, 0.25) is 5.89 Å². The predicted octanol–water partition coefficient (Wildman–Crippen LogP) is 3.40. The molecule has 0 spiro atoms. The van der Waals surface area contributed by atoms with E-state index in [1.54, 1.807) is 0 Å². The zero-order valence-corrected chi connectivity index (χ0v) is 11.9. The molecule has 0 atom stereocenters.